The van der Waals surface area contributed by atoms with Gasteiger partial charge in [0.2, 0.25) is 0 Å². The Morgan fingerprint density at radius 3 is 2.24 bits per heavy atom. The molecule has 0 aromatic heterocycles. The van der Waals surface area contributed by atoms with Crippen molar-refractivity contribution in [3.63, 3.8) is 0 Å². The number of ether oxygens (including phenoxy) is 1. The number of nitrogens with one attached hydrogen (secondary N) is 1. The van der Waals surface area contributed by atoms with Gasteiger partial charge in [-0.2, -0.15) is 13.2 Å². The molecule has 3 N–H and O–H groups in total. The molecule has 0 unspecified atom stereocenters. The third-order valence-electron chi connectivity index (χ3n) is 2.26. The van der Waals surface area contributed by atoms with Gasteiger partial charge in [0, 0.05) is 5.54 Å². The molecule has 0 saturated carbocycles. The van der Waals surface area contributed by atoms with Crippen LogP contribution in [-0.2, 0) is 6.54 Å². The predicted octanol–water partition coefficient (Wildman–Crippen LogP) is 2.83. The summed E-state index contributed by atoms with van der Waals surface area (Å²) in [5.41, 5.74) is 6.37. The first-order valence-electron chi connectivity index (χ1n) is 6.42. The summed E-state index contributed by atoms with van der Waals surface area (Å²) in [6, 6.07) is 6.26. The number of rotatable bonds is 4. The number of aliphatic imine (C=N–C) groups is 1. The van der Waals surface area contributed by atoms with Crippen molar-refractivity contribution in [2.75, 3.05) is 6.61 Å². The number of halogens is 3. The van der Waals surface area contributed by atoms with E-state index in [2.05, 4.69) is 15.0 Å². The molecule has 0 heterocycles. The zero-order valence-corrected chi connectivity index (χ0v) is 12.3. The van der Waals surface area contributed by atoms with Gasteiger partial charge in [0.15, 0.2) is 12.6 Å². The molecule has 0 spiro atoms. The van der Waals surface area contributed by atoms with Gasteiger partial charge in [-0.15, -0.1) is 0 Å². The maximum Gasteiger partial charge on any atom is 0.422 e. The third-order valence-corrected chi connectivity index (χ3v) is 2.26. The van der Waals surface area contributed by atoms with E-state index in [9.17, 15) is 13.2 Å². The summed E-state index contributed by atoms with van der Waals surface area (Å²) in [4.78, 5) is 4.16. The van der Waals surface area contributed by atoms with Gasteiger partial charge >= 0.3 is 6.18 Å². The molecule has 118 valence electrons. The summed E-state index contributed by atoms with van der Waals surface area (Å²) in [6.45, 7) is 4.92. The lowest BCUT2D eigenvalue weighted by Gasteiger charge is -2.21. The van der Waals surface area contributed by atoms with Gasteiger partial charge in [-0.25, -0.2) is 4.99 Å². The fourth-order valence-corrected chi connectivity index (χ4v) is 1.46. The Balaban J connectivity index is 2.53. The number of benzene rings is 1. The molecule has 0 amide bonds. The summed E-state index contributed by atoms with van der Waals surface area (Å²) >= 11 is 0. The Bertz CT molecular complexity index is 476. The molecule has 7 heteroatoms. The summed E-state index contributed by atoms with van der Waals surface area (Å²) < 4.78 is 40.6. The number of alkyl halides is 3. The van der Waals surface area contributed by atoms with Crippen molar-refractivity contribution in [1.82, 2.24) is 5.32 Å². The first-order chi connectivity index (χ1) is 9.55. The predicted molar refractivity (Wildman–Crippen MR) is 76.2 cm³/mol. The zero-order chi connectivity index (χ0) is 16.1. The van der Waals surface area contributed by atoms with E-state index >= 15 is 0 Å². The van der Waals surface area contributed by atoms with E-state index in [1.54, 1.807) is 12.1 Å². The number of nitrogens with zero attached hydrogens (tertiary/aromatic N) is 1. The lowest BCUT2D eigenvalue weighted by Crippen LogP contribution is -2.44. The number of guanidine groups is 1. The van der Waals surface area contributed by atoms with Crippen LogP contribution >= 0.6 is 0 Å². The molecule has 0 radical (unpaired) electrons. The van der Waals surface area contributed by atoms with Gasteiger partial charge in [-0.1, -0.05) is 12.1 Å². The molecule has 0 atom stereocenters. The van der Waals surface area contributed by atoms with Gasteiger partial charge in [0.25, 0.3) is 0 Å². The number of nitrogens with two attached hydrogens (primary N) is 1. The van der Waals surface area contributed by atoms with Crippen LogP contribution in [0.3, 0.4) is 0 Å². The van der Waals surface area contributed by atoms with E-state index in [-0.39, 0.29) is 11.3 Å². The Morgan fingerprint density at radius 2 is 1.76 bits per heavy atom. The average Bonchev–Trinajstić information content (AvgIpc) is 2.32. The highest BCUT2D eigenvalue weighted by Crippen LogP contribution is 2.19. The number of hydrogen-bond acceptors (Lipinski definition) is 2. The molecule has 1 aromatic carbocycles. The number of hydrogen-bond donors (Lipinski definition) is 2. The lowest BCUT2D eigenvalue weighted by atomic mass is 10.1. The molecule has 1 rings (SSSR count). The van der Waals surface area contributed by atoms with Gasteiger partial charge in [0.1, 0.15) is 5.75 Å². The lowest BCUT2D eigenvalue weighted by molar-refractivity contribution is -0.153. The minimum Gasteiger partial charge on any atom is -0.484 e. The van der Waals surface area contributed by atoms with Crippen LogP contribution in [0, 0.1) is 0 Å². The smallest absolute Gasteiger partial charge is 0.422 e. The first-order valence-corrected chi connectivity index (χ1v) is 6.42. The second kappa shape index (κ2) is 6.69. The van der Waals surface area contributed by atoms with Crippen LogP contribution in [0.25, 0.3) is 0 Å². The van der Waals surface area contributed by atoms with E-state index in [4.69, 9.17) is 5.73 Å². The molecule has 0 bridgehead atoms. The van der Waals surface area contributed by atoms with Crippen LogP contribution in [0.2, 0.25) is 0 Å². The van der Waals surface area contributed by atoms with Crippen molar-refractivity contribution in [2.45, 2.75) is 39.0 Å². The Kier molecular flexibility index (Phi) is 5.46. The Hall–Kier alpha value is -1.92. The minimum absolute atomic E-state index is 0.167. The minimum atomic E-state index is -4.34. The molecular formula is C14H20F3N3O. The zero-order valence-electron chi connectivity index (χ0n) is 12.3. The van der Waals surface area contributed by atoms with E-state index in [1.165, 1.54) is 12.1 Å². The average molecular weight is 303 g/mol. The summed E-state index contributed by atoms with van der Waals surface area (Å²) in [5, 5.41) is 3.02. The Labute approximate surface area is 122 Å². The normalized spacial score (nSPS) is 13.1. The molecule has 0 aliphatic rings. The second-order valence-electron chi connectivity index (χ2n) is 5.62. The maximum atomic E-state index is 12.0. The van der Waals surface area contributed by atoms with Crippen molar-refractivity contribution >= 4 is 5.96 Å². The molecule has 0 aliphatic heterocycles. The fourth-order valence-electron chi connectivity index (χ4n) is 1.46. The summed E-state index contributed by atoms with van der Waals surface area (Å²) in [6.07, 6.45) is -4.34. The van der Waals surface area contributed by atoms with Crippen LogP contribution in [-0.4, -0.2) is 24.3 Å². The molecule has 21 heavy (non-hydrogen) atoms. The van der Waals surface area contributed by atoms with Crippen LogP contribution in [0.15, 0.2) is 29.3 Å². The van der Waals surface area contributed by atoms with Crippen molar-refractivity contribution < 1.29 is 17.9 Å². The van der Waals surface area contributed by atoms with Crippen LogP contribution in [0.1, 0.15) is 26.3 Å². The topological polar surface area (TPSA) is 59.6 Å². The van der Waals surface area contributed by atoms with Gasteiger partial charge < -0.3 is 15.8 Å². The standard InChI is InChI=1S/C14H20F3N3O/c1-13(2,3)20-12(18)19-8-10-4-6-11(7-5-10)21-9-14(15,16)17/h4-7H,8-9H2,1-3H3,(H3,18,19,20). The maximum absolute atomic E-state index is 12.0. The molecule has 0 fully saturated rings. The van der Waals surface area contributed by atoms with Crippen molar-refractivity contribution in [3.8, 4) is 5.75 Å². The SMILES string of the molecule is CC(C)(C)NC(N)=NCc1ccc(OCC(F)(F)F)cc1. The van der Waals surface area contributed by atoms with E-state index < -0.39 is 12.8 Å². The molecule has 0 saturated heterocycles. The first kappa shape index (κ1) is 17.1. The molecule has 1 aromatic rings. The van der Waals surface area contributed by atoms with Crippen molar-refractivity contribution in [3.05, 3.63) is 29.8 Å². The van der Waals surface area contributed by atoms with Crippen molar-refractivity contribution in [2.24, 2.45) is 10.7 Å². The second-order valence-corrected chi connectivity index (χ2v) is 5.62. The van der Waals surface area contributed by atoms with Gasteiger partial charge in [-0.3, -0.25) is 0 Å². The largest absolute Gasteiger partial charge is 0.484 e. The highest BCUT2D eigenvalue weighted by atomic mass is 19.4. The highest BCUT2D eigenvalue weighted by Gasteiger charge is 2.28. The van der Waals surface area contributed by atoms with E-state index in [0.29, 0.717) is 12.5 Å². The summed E-state index contributed by atoms with van der Waals surface area (Å²) in [7, 11) is 0. The highest BCUT2D eigenvalue weighted by molar-refractivity contribution is 5.78. The quantitative estimate of drug-likeness (QED) is 0.664. The Morgan fingerprint density at radius 1 is 1.19 bits per heavy atom. The van der Waals surface area contributed by atoms with E-state index in [1.807, 2.05) is 20.8 Å². The summed E-state index contributed by atoms with van der Waals surface area (Å²) in [5.74, 6) is 0.487. The third kappa shape index (κ3) is 8.06. The van der Waals surface area contributed by atoms with Crippen LogP contribution < -0.4 is 15.8 Å². The molecule has 0 aliphatic carbocycles. The van der Waals surface area contributed by atoms with Crippen molar-refractivity contribution in [1.29, 1.82) is 0 Å². The van der Waals surface area contributed by atoms with Crippen LogP contribution in [0.4, 0.5) is 13.2 Å². The van der Waals surface area contributed by atoms with E-state index in [0.717, 1.165) is 5.56 Å². The molecule has 4 nitrogen and oxygen atoms in total. The fraction of sp³-hybridized carbons (Fsp3) is 0.500. The van der Waals surface area contributed by atoms with Crippen LogP contribution in [0.5, 0.6) is 5.75 Å². The van der Waals surface area contributed by atoms with Gasteiger partial charge in [0.05, 0.1) is 6.54 Å². The van der Waals surface area contributed by atoms with Gasteiger partial charge in [-0.05, 0) is 38.5 Å². The monoisotopic (exact) mass is 303 g/mol. The molecular weight excluding hydrogens is 283 g/mol.